The first kappa shape index (κ1) is 10.5. The molecule has 0 saturated carbocycles. The lowest BCUT2D eigenvalue weighted by molar-refractivity contribution is 0.284. The van der Waals surface area contributed by atoms with E-state index in [1.165, 1.54) is 6.42 Å². The molecule has 82 valence electrons. The third-order valence-corrected chi connectivity index (χ3v) is 3.16. The molecule has 4 N–H and O–H groups in total. The van der Waals surface area contributed by atoms with Gasteiger partial charge in [0.05, 0.1) is 0 Å². The molecule has 1 aliphatic heterocycles. The summed E-state index contributed by atoms with van der Waals surface area (Å²) in [6.07, 6.45) is 2.31. The van der Waals surface area contributed by atoms with Crippen molar-refractivity contribution in [1.82, 2.24) is 5.32 Å². The molecule has 1 heterocycles. The lowest BCUT2D eigenvalue weighted by atomic mass is 9.86. The Bertz CT molecular complexity index is 327. The van der Waals surface area contributed by atoms with Gasteiger partial charge in [-0.3, -0.25) is 0 Å². The number of phenolic OH excluding ortho intramolecular Hbond substituents is 1. The number of benzene rings is 1. The first-order valence-corrected chi connectivity index (χ1v) is 5.54. The average molecular weight is 206 g/mol. The van der Waals surface area contributed by atoms with Gasteiger partial charge in [-0.05, 0) is 37.9 Å². The fraction of sp³-hybridized carbons (Fsp3) is 0.500. The highest BCUT2D eigenvalue weighted by Gasteiger charge is 2.26. The number of hydrogen-bond acceptors (Lipinski definition) is 3. The third-order valence-electron chi connectivity index (χ3n) is 3.16. The summed E-state index contributed by atoms with van der Waals surface area (Å²) in [5.41, 5.74) is 6.74. The molecule has 1 saturated heterocycles. The van der Waals surface area contributed by atoms with Crippen molar-refractivity contribution in [1.29, 1.82) is 0 Å². The zero-order valence-electron chi connectivity index (χ0n) is 8.82. The van der Waals surface area contributed by atoms with Crippen molar-refractivity contribution < 1.29 is 5.11 Å². The van der Waals surface area contributed by atoms with Gasteiger partial charge in [0.25, 0.3) is 0 Å². The number of aromatic hydroxyl groups is 1. The van der Waals surface area contributed by atoms with Crippen molar-refractivity contribution >= 4 is 0 Å². The molecule has 2 atom stereocenters. The quantitative estimate of drug-likeness (QED) is 0.685. The predicted molar refractivity (Wildman–Crippen MR) is 60.6 cm³/mol. The lowest BCUT2D eigenvalue weighted by Crippen LogP contribution is -2.37. The van der Waals surface area contributed by atoms with Crippen LogP contribution in [0.4, 0.5) is 0 Å². The van der Waals surface area contributed by atoms with Crippen LogP contribution in [0.2, 0.25) is 0 Å². The van der Waals surface area contributed by atoms with Crippen LogP contribution in [-0.2, 0) is 0 Å². The van der Waals surface area contributed by atoms with E-state index in [2.05, 4.69) is 5.32 Å². The number of piperidine rings is 1. The van der Waals surface area contributed by atoms with Crippen LogP contribution in [0.3, 0.4) is 0 Å². The number of nitrogens with one attached hydrogen (secondary N) is 1. The van der Waals surface area contributed by atoms with E-state index in [4.69, 9.17) is 5.73 Å². The molecule has 0 unspecified atom stereocenters. The van der Waals surface area contributed by atoms with E-state index >= 15 is 0 Å². The van der Waals surface area contributed by atoms with Crippen molar-refractivity contribution in [2.45, 2.75) is 18.9 Å². The molecule has 1 aromatic carbocycles. The predicted octanol–water partition coefficient (Wildman–Crippen LogP) is 1.39. The van der Waals surface area contributed by atoms with Crippen molar-refractivity contribution in [3.05, 3.63) is 29.8 Å². The summed E-state index contributed by atoms with van der Waals surface area (Å²) in [7, 11) is 0. The van der Waals surface area contributed by atoms with Crippen LogP contribution in [-0.4, -0.2) is 18.2 Å². The van der Waals surface area contributed by atoms with Crippen molar-refractivity contribution in [2.75, 3.05) is 13.1 Å². The maximum atomic E-state index is 9.80. The molecular weight excluding hydrogens is 188 g/mol. The number of rotatable bonds is 2. The molecular formula is C12H18N2O. The van der Waals surface area contributed by atoms with Gasteiger partial charge in [-0.25, -0.2) is 0 Å². The van der Waals surface area contributed by atoms with Gasteiger partial charge >= 0.3 is 0 Å². The van der Waals surface area contributed by atoms with Crippen LogP contribution in [0, 0.1) is 5.92 Å². The highest BCUT2D eigenvalue weighted by molar-refractivity contribution is 5.35. The largest absolute Gasteiger partial charge is 0.508 e. The van der Waals surface area contributed by atoms with Gasteiger partial charge in [0.15, 0.2) is 0 Å². The van der Waals surface area contributed by atoms with E-state index in [-0.39, 0.29) is 6.04 Å². The van der Waals surface area contributed by atoms with Gasteiger partial charge in [-0.1, -0.05) is 18.2 Å². The Morgan fingerprint density at radius 2 is 2.20 bits per heavy atom. The van der Waals surface area contributed by atoms with E-state index in [0.29, 0.717) is 18.2 Å². The van der Waals surface area contributed by atoms with E-state index in [1.807, 2.05) is 18.2 Å². The minimum absolute atomic E-state index is 0.213. The van der Waals surface area contributed by atoms with E-state index in [1.54, 1.807) is 6.07 Å². The van der Waals surface area contributed by atoms with E-state index < -0.39 is 0 Å². The molecule has 3 heteroatoms. The number of phenols is 1. The molecule has 1 aliphatic rings. The summed E-state index contributed by atoms with van der Waals surface area (Å²) in [4.78, 5) is 0. The molecule has 0 radical (unpaired) electrons. The first-order chi connectivity index (χ1) is 7.33. The molecule has 2 rings (SSSR count). The van der Waals surface area contributed by atoms with Crippen LogP contribution in [0.1, 0.15) is 24.4 Å². The van der Waals surface area contributed by atoms with Crippen LogP contribution in [0.15, 0.2) is 24.3 Å². The molecule has 0 aliphatic carbocycles. The highest BCUT2D eigenvalue weighted by atomic mass is 16.3. The van der Waals surface area contributed by atoms with Gasteiger partial charge in [-0.2, -0.15) is 0 Å². The Hall–Kier alpha value is -1.06. The highest BCUT2D eigenvalue weighted by Crippen LogP contribution is 2.33. The first-order valence-electron chi connectivity index (χ1n) is 5.54. The zero-order chi connectivity index (χ0) is 10.7. The molecule has 1 aromatic rings. The summed E-state index contributed by atoms with van der Waals surface area (Å²) in [5, 5.41) is 13.2. The minimum Gasteiger partial charge on any atom is -0.508 e. The van der Waals surface area contributed by atoms with E-state index in [0.717, 1.165) is 18.5 Å². The number of para-hydroxylation sites is 1. The van der Waals surface area contributed by atoms with Crippen molar-refractivity contribution in [3.8, 4) is 5.75 Å². The summed E-state index contributed by atoms with van der Waals surface area (Å²) >= 11 is 0. The summed E-state index contributed by atoms with van der Waals surface area (Å²) in [6, 6.07) is 7.73. The Morgan fingerprint density at radius 1 is 1.40 bits per heavy atom. The molecule has 15 heavy (non-hydrogen) atoms. The number of nitrogens with two attached hydrogens (primary N) is 1. The maximum Gasteiger partial charge on any atom is 0.120 e. The van der Waals surface area contributed by atoms with Crippen LogP contribution in [0.5, 0.6) is 5.75 Å². The second-order valence-electron chi connectivity index (χ2n) is 4.13. The second-order valence-corrected chi connectivity index (χ2v) is 4.13. The van der Waals surface area contributed by atoms with E-state index in [9.17, 15) is 5.11 Å². The second kappa shape index (κ2) is 4.64. The van der Waals surface area contributed by atoms with Crippen LogP contribution < -0.4 is 11.1 Å². The summed E-state index contributed by atoms with van der Waals surface area (Å²) in [6.45, 7) is 1.68. The van der Waals surface area contributed by atoms with Gasteiger partial charge in [-0.15, -0.1) is 0 Å². The summed E-state index contributed by atoms with van der Waals surface area (Å²) < 4.78 is 0. The number of hydrogen-bond donors (Lipinski definition) is 3. The average Bonchev–Trinajstić information content (AvgIpc) is 2.30. The van der Waals surface area contributed by atoms with Gasteiger partial charge < -0.3 is 16.2 Å². The standard InChI is InChI=1S/C12H18N2O/c13-8-9-4-3-7-14-12(9)10-5-1-2-6-11(10)15/h1-2,5-6,9,12,14-15H,3-4,7-8,13H2/t9-,12+/m1/s1. The van der Waals surface area contributed by atoms with Crippen molar-refractivity contribution in [3.63, 3.8) is 0 Å². The third kappa shape index (κ3) is 2.13. The lowest BCUT2D eigenvalue weighted by Gasteiger charge is -2.32. The molecule has 0 spiro atoms. The SMILES string of the molecule is NC[C@H]1CCCN[C@@H]1c1ccccc1O. The normalized spacial score (nSPS) is 26.5. The van der Waals surface area contributed by atoms with Crippen LogP contribution >= 0.6 is 0 Å². The topological polar surface area (TPSA) is 58.3 Å². The van der Waals surface area contributed by atoms with Crippen molar-refractivity contribution in [2.24, 2.45) is 11.7 Å². The van der Waals surface area contributed by atoms with Gasteiger partial charge in [0.2, 0.25) is 0 Å². The molecule has 0 bridgehead atoms. The molecule has 0 amide bonds. The fourth-order valence-electron chi connectivity index (χ4n) is 2.32. The Morgan fingerprint density at radius 3 is 2.93 bits per heavy atom. The van der Waals surface area contributed by atoms with Gasteiger partial charge in [0.1, 0.15) is 5.75 Å². The monoisotopic (exact) mass is 206 g/mol. The fourth-order valence-corrected chi connectivity index (χ4v) is 2.32. The maximum absolute atomic E-state index is 9.80. The molecule has 3 nitrogen and oxygen atoms in total. The Kier molecular flexibility index (Phi) is 3.23. The molecule has 1 fully saturated rings. The zero-order valence-corrected chi connectivity index (χ0v) is 8.82. The Balaban J connectivity index is 2.24. The summed E-state index contributed by atoms with van der Waals surface area (Å²) in [5.74, 6) is 0.808. The van der Waals surface area contributed by atoms with Crippen LogP contribution in [0.25, 0.3) is 0 Å². The minimum atomic E-state index is 0.213. The Labute approximate surface area is 90.3 Å². The van der Waals surface area contributed by atoms with Gasteiger partial charge in [0, 0.05) is 11.6 Å². The smallest absolute Gasteiger partial charge is 0.120 e. The molecule has 0 aromatic heterocycles.